The number of aromatic amines is 1. The minimum atomic E-state index is -4.39. The highest BCUT2D eigenvalue weighted by Crippen LogP contribution is 2.28. The molecule has 0 unspecified atom stereocenters. The largest absolute Gasteiger partial charge is 0.416 e. The van der Waals surface area contributed by atoms with Crippen LogP contribution in [0.5, 0.6) is 0 Å². The van der Waals surface area contributed by atoms with Crippen molar-refractivity contribution in [2.45, 2.75) is 39.9 Å². The number of halogens is 3. The lowest BCUT2D eigenvalue weighted by atomic mass is 10.1. The number of aryl methyl sites for hydroxylation is 1. The van der Waals surface area contributed by atoms with E-state index in [-0.39, 0.29) is 12.2 Å². The summed E-state index contributed by atoms with van der Waals surface area (Å²) in [5.74, 6) is -0.277. The maximum atomic E-state index is 12.4. The van der Waals surface area contributed by atoms with E-state index in [1.165, 1.54) is 25.5 Å². The van der Waals surface area contributed by atoms with Gasteiger partial charge in [-0.15, -0.1) is 0 Å². The number of hydrogen-bond acceptors (Lipinski definition) is 3. The molecule has 25 heavy (non-hydrogen) atoms. The average molecular weight is 355 g/mol. The number of H-pyrrole nitrogens is 1. The van der Waals surface area contributed by atoms with E-state index in [0.717, 1.165) is 18.2 Å². The van der Waals surface area contributed by atoms with Gasteiger partial charge in [0, 0.05) is 12.6 Å². The third-order valence-electron chi connectivity index (χ3n) is 2.83. The van der Waals surface area contributed by atoms with Gasteiger partial charge in [-0.1, -0.05) is 32.4 Å². The molecule has 1 aromatic heterocycles. The number of alkyl halides is 3. The van der Waals surface area contributed by atoms with Gasteiger partial charge in [0.25, 0.3) is 11.5 Å². The molecule has 0 aliphatic rings. The summed E-state index contributed by atoms with van der Waals surface area (Å²) in [6.07, 6.45) is -3.14. The van der Waals surface area contributed by atoms with Gasteiger partial charge in [0.15, 0.2) is 0 Å². The molecule has 136 valence electrons. The van der Waals surface area contributed by atoms with E-state index in [9.17, 15) is 22.8 Å². The first-order valence-corrected chi connectivity index (χ1v) is 7.69. The number of rotatable bonds is 3. The lowest BCUT2D eigenvalue weighted by Gasteiger charge is -2.08. The summed E-state index contributed by atoms with van der Waals surface area (Å²) in [5, 5.41) is 2.49. The van der Waals surface area contributed by atoms with E-state index < -0.39 is 23.2 Å². The van der Waals surface area contributed by atoms with Crippen LogP contribution in [0, 0.1) is 6.92 Å². The van der Waals surface area contributed by atoms with Gasteiger partial charge >= 0.3 is 6.18 Å². The molecule has 0 saturated heterocycles. The zero-order valence-corrected chi connectivity index (χ0v) is 14.2. The van der Waals surface area contributed by atoms with Gasteiger partial charge in [-0.2, -0.15) is 13.2 Å². The van der Waals surface area contributed by atoms with Crippen LogP contribution in [0.25, 0.3) is 0 Å². The van der Waals surface area contributed by atoms with E-state index in [1.807, 2.05) is 0 Å². The summed E-state index contributed by atoms with van der Waals surface area (Å²) in [6.45, 7) is 5.82. The predicted molar refractivity (Wildman–Crippen MR) is 88.2 cm³/mol. The quantitative estimate of drug-likeness (QED) is 0.886. The summed E-state index contributed by atoms with van der Waals surface area (Å²) in [7, 11) is 0. The third-order valence-corrected chi connectivity index (χ3v) is 2.83. The Morgan fingerprint density at radius 1 is 1.20 bits per heavy atom. The normalized spacial score (nSPS) is 10.6. The summed E-state index contributed by atoms with van der Waals surface area (Å²) in [4.78, 5) is 29.4. The van der Waals surface area contributed by atoms with Crippen LogP contribution in [0.2, 0.25) is 0 Å². The number of aromatic nitrogens is 2. The van der Waals surface area contributed by atoms with Crippen molar-refractivity contribution < 1.29 is 18.0 Å². The SMILES string of the molecule is CCC.Cc1nc(C(=O)NCc2ccc(C(F)(F)F)cc2)cc(=O)[nH]1. The number of carbonyl (C=O) groups is 1. The fraction of sp³-hybridized carbons (Fsp3) is 0.353. The van der Waals surface area contributed by atoms with Gasteiger partial charge in [0.2, 0.25) is 0 Å². The molecule has 0 aliphatic heterocycles. The van der Waals surface area contributed by atoms with E-state index in [2.05, 4.69) is 29.1 Å². The van der Waals surface area contributed by atoms with E-state index in [0.29, 0.717) is 11.4 Å². The first kappa shape index (κ1) is 20.4. The first-order valence-electron chi connectivity index (χ1n) is 7.69. The zero-order valence-electron chi connectivity index (χ0n) is 14.2. The third kappa shape index (κ3) is 6.78. The maximum Gasteiger partial charge on any atom is 0.416 e. The minimum absolute atomic E-state index is 0.0322. The summed E-state index contributed by atoms with van der Waals surface area (Å²) >= 11 is 0. The Labute approximate surface area is 143 Å². The molecule has 2 rings (SSSR count). The summed E-state index contributed by atoms with van der Waals surface area (Å²) in [5.41, 5.74) is -0.752. The Balaban J connectivity index is 0.000000970. The van der Waals surface area contributed by atoms with Crippen LogP contribution in [0.1, 0.15) is 47.7 Å². The van der Waals surface area contributed by atoms with Crippen LogP contribution >= 0.6 is 0 Å². The summed E-state index contributed by atoms with van der Waals surface area (Å²) < 4.78 is 37.3. The molecular formula is C17H20F3N3O2. The molecule has 0 atom stereocenters. The van der Waals surface area contributed by atoms with E-state index >= 15 is 0 Å². The molecule has 0 saturated carbocycles. The van der Waals surface area contributed by atoms with Gasteiger partial charge in [-0.05, 0) is 24.6 Å². The molecule has 2 aromatic rings. The lowest BCUT2D eigenvalue weighted by Crippen LogP contribution is -2.26. The molecule has 0 spiro atoms. The number of benzene rings is 1. The van der Waals surface area contributed by atoms with E-state index in [4.69, 9.17) is 0 Å². The molecule has 8 heteroatoms. The van der Waals surface area contributed by atoms with Crippen molar-refractivity contribution in [3.05, 3.63) is 63.3 Å². The molecule has 0 fully saturated rings. The number of carbonyl (C=O) groups excluding carboxylic acids is 1. The first-order chi connectivity index (χ1) is 11.7. The number of amides is 1. The second-order valence-corrected chi connectivity index (χ2v) is 5.30. The molecular weight excluding hydrogens is 335 g/mol. The number of hydrogen-bond donors (Lipinski definition) is 2. The van der Waals surface area contributed by atoms with Crippen molar-refractivity contribution >= 4 is 5.91 Å². The highest BCUT2D eigenvalue weighted by Gasteiger charge is 2.29. The fourth-order valence-corrected chi connectivity index (χ4v) is 1.78. The van der Waals surface area contributed by atoms with Gasteiger partial charge in [0.1, 0.15) is 11.5 Å². The Bertz CT molecular complexity index is 753. The molecule has 2 N–H and O–H groups in total. The van der Waals surface area contributed by atoms with Gasteiger partial charge in [-0.25, -0.2) is 4.98 Å². The van der Waals surface area contributed by atoms with Crippen LogP contribution in [-0.4, -0.2) is 15.9 Å². The van der Waals surface area contributed by atoms with Crippen LogP contribution < -0.4 is 10.9 Å². The second kappa shape index (κ2) is 9.00. The minimum Gasteiger partial charge on any atom is -0.347 e. The monoisotopic (exact) mass is 355 g/mol. The standard InChI is InChI=1S/C14H12F3N3O2.C3H8/c1-8-19-11(6-12(21)20-8)13(22)18-7-9-2-4-10(5-3-9)14(15,16)17;1-3-2/h2-6H,7H2,1H3,(H,18,22)(H,19,20,21);3H2,1-2H3. The van der Waals surface area contributed by atoms with Crippen molar-refractivity contribution in [2.24, 2.45) is 0 Å². The molecule has 5 nitrogen and oxygen atoms in total. The number of nitrogens with zero attached hydrogens (tertiary/aromatic N) is 1. The highest BCUT2D eigenvalue weighted by molar-refractivity contribution is 5.92. The van der Waals surface area contributed by atoms with Crippen molar-refractivity contribution in [3.63, 3.8) is 0 Å². The van der Waals surface area contributed by atoms with Crippen LogP contribution in [0.3, 0.4) is 0 Å². The highest BCUT2D eigenvalue weighted by atomic mass is 19.4. The smallest absolute Gasteiger partial charge is 0.347 e. The molecule has 0 aliphatic carbocycles. The zero-order chi connectivity index (χ0) is 19.0. The Morgan fingerprint density at radius 3 is 2.24 bits per heavy atom. The lowest BCUT2D eigenvalue weighted by molar-refractivity contribution is -0.137. The molecule has 1 heterocycles. The van der Waals surface area contributed by atoms with Crippen molar-refractivity contribution in [3.8, 4) is 0 Å². The molecule has 0 radical (unpaired) electrons. The van der Waals surface area contributed by atoms with Crippen LogP contribution in [0.15, 0.2) is 35.1 Å². The van der Waals surface area contributed by atoms with Gasteiger partial charge in [0.05, 0.1) is 5.56 Å². The van der Waals surface area contributed by atoms with Gasteiger partial charge < -0.3 is 10.3 Å². The topological polar surface area (TPSA) is 74.8 Å². The Hall–Kier alpha value is -2.64. The maximum absolute atomic E-state index is 12.4. The van der Waals surface area contributed by atoms with Crippen LogP contribution in [-0.2, 0) is 12.7 Å². The fourth-order valence-electron chi connectivity index (χ4n) is 1.78. The van der Waals surface area contributed by atoms with Crippen molar-refractivity contribution in [2.75, 3.05) is 0 Å². The predicted octanol–water partition coefficient (Wildman–Crippen LogP) is 3.44. The summed E-state index contributed by atoms with van der Waals surface area (Å²) in [6, 6.07) is 5.49. The van der Waals surface area contributed by atoms with Crippen LogP contribution in [0.4, 0.5) is 13.2 Å². The Kier molecular flexibility index (Phi) is 7.35. The van der Waals surface area contributed by atoms with Gasteiger partial charge in [-0.3, -0.25) is 9.59 Å². The van der Waals surface area contributed by atoms with Crippen molar-refractivity contribution in [1.82, 2.24) is 15.3 Å². The second-order valence-electron chi connectivity index (χ2n) is 5.30. The molecule has 1 aromatic carbocycles. The Morgan fingerprint density at radius 2 is 1.76 bits per heavy atom. The number of nitrogens with one attached hydrogen (secondary N) is 2. The molecule has 1 amide bonds. The molecule has 0 bridgehead atoms. The van der Waals surface area contributed by atoms with Crippen molar-refractivity contribution in [1.29, 1.82) is 0 Å². The average Bonchev–Trinajstić information content (AvgIpc) is 2.52. The van der Waals surface area contributed by atoms with E-state index in [1.54, 1.807) is 0 Å².